The van der Waals surface area contributed by atoms with Gasteiger partial charge in [0.15, 0.2) is 5.96 Å². The van der Waals surface area contributed by atoms with Gasteiger partial charge >= 0.3 is 5.97 Å². The number of aliphatic imine (C=N–C) groups is 1. The number of nitrogens with one attached hydrogen (secondary N) is 2. The summed E-state index contributed by atoms with van der Waals surface area (Å²) in [6, 6.07) is -0.167. The number of aryl methyl sites for hydroxylation is 1. The third-order valence-corrected chi connectivity index (χ3v) is 4.53. The molecular weight excluding hydrogens is 469 g/mol. The Bertz CT molecular complexity index is 633. The fourth-order valence-corrected chi connectivity index (χ4v) is 2.83. The monoisotopic (exact) mass is 497 g/mol. The normalized spacial score (nSPS) is 12.0. The van der Waals surface area contributed by atoms with Gasteiger partial charge in [0.1, 0.15) is 16.4 Å². The summed E-state index contributed by atoms with van der Waals surface area (Å²) in [5.74, 6) is 0.0865. The predicted octanol–water partition coefficient (Wildman–Crippen LogP) is 1.95. The van der Waals surface area contributed by atoms with Crippen molar-refractivity contribution in [3.63, 3.8) is 0 Å². The van der Waals surface area contributed by atoms with E-state index in [0.29, 0.717) is 29.7 Å². The number of rotatable bonds is 7. The molecule has 0 aliphatic heterocycles. The molecule has 0 saturated carbocycles. The van der Waals surface area contributed by atoms with Gasteiger partial charge in [0, 0.05) is 20.6 Å². The molecule has 10 heteroatoms. The second-order valence-electron chi connectivity index (χ2n) is 5.54. The van der Waals surface area contributed by atoms with Crippen molar-refractivity contribution in [1.82, 2.24) is 20.5 Å². The minimum Gasteiger partial charge on any atom is -0.462 e. The fourth-order valence-electron chi connectivity index (χ4n) is 1.86. The van der Waals surface area contributed by atoms with Crippen LogP contribution < -0.4 is 10.6 Å². The fraction of sp³-hybridized carbons (Fsp3) is 0.625. The molecule has 0 bridgehead atoms. The van der Waals surface area contributed by atoms with Crippen molar-refractivity contribution < 1.29 is 14.3 Å². The number of amides is 1. The molecule has 1 amide bonds. The summed E-state index contributed by atoms with van der Waals surface area (Å²) >= 11 is 1.30. The van der Waals surface area contributed by atoms with Crippen molar-refractivity contribution in [2.45, 2.75) is 33.7 Å². The zero-order chi connectivity index (χ0) is 19.0. The Morgan fingerprint density at radius 1 is 1.35 bits per heavy atom. The molecule has 1 aromatic rings. The van der Waals surface area contributed by atoms with Gasteiger partial charge in [-0.2, -0.15) is 0 Å². The average molecular weight is 497 g/mol. The zero-order valence-corrected chi connectivity index (χ0v) is 19.2. The van der Waals surface area contributed by atoms with Gasteiger partial charge in [0.2, 0.25) is 5.91 Å². The molecule has 1 heterocycles. The Labute approximate surface area is 175 Å². The third-order valence-electron chi connectivity index (χ3n) is 3.21. The summed E-state index contributed by atoms with van der Waals surface area (Å²) in [6.07, 6.45) is 0. The lowest BCUT2D eigenvalue weighted by atomic mass is 10.3. The van der Waals surface area contributed by atoms with E-state index in [4.69, 9.17) is 4.74 Å². The Balaban J connectivity index is 0.00000625. The van der Waals surface area contributed by atoms with Crippen molar-refractivity contribution in [2.24, 2.45) is 4.99 Å². The summed E-state index contributed by atoms with van der Waals surface area (Å²) in [5, 5.41) is 7.05. The largest absolute Gasteiger partial charge is 0.462 e. The second-order valence-corrected chi connectivity index (χ2v) is 6.57. The van der Waals surface area contributed by atoms with Crippen LogP contribution in [0.4, 0.5) is 0 Å². The zero-order valence-electron chi connectivity index (χ0n) is 16.1. The van der Waals surface area contributed by atoms with E-state index in [9.17, 15) is 9.59 Å². The number of carbonyl (C=O) groups is 2. The van der Waals surface area contributed by atoms with E-state index in [-0.39, 0.29) is 48.4 Å². The molecule has 1 rings (SSSR count). The third kappa shape index (κ3) is 7.44. The lowest BCUT2D eigenvalue weighted by Crippen LogP contribution is -2.39. The molecular formula is C16H28IN5O3S. The van der Waals surface area contributed by atoms with Crippen LogP contribution in [0.25, 0.3) is 0 Å². The number of aromatic nitrogens is 1. The van der Waals surface area contributed by atoms with Crippen LogP contribution in [0.1, 0.15) is 47.2 Å². The maximum Gasteiger partial charge on any atom is 0.350 e. The molecule has 2 N–H and O–H groups in total. The average Bonchev–Trinajstić information content (AvgIpc) is 2.94. The van der Waals surface area contributed by atoms with Gasteiger partial charge in [0.05, 0.1) is 18.3 Å². The first kappa shape index (κ1) is 24.6. The molecule has 148 valence electrons. The lowest BCUT2D eigenvalue weighted by Gasteiger charge is -2.16. The van der Waals surface area contributed by atoms with E-state index in [1.54, 1.807) is 27.9 Å². The number of hydrogen-bond acceptors (Lipinski definition) is 6. The number of ether oxygens (including phenoxy) is 1. The molecule has 0 aliphatic rings. The first-order valence-electron chi connectivity index (χ1n) is 8.19. The first-order valence-corrected chi connectivity index (χ1v) is 9.01. The highest BCUT2D eigenvalue weighted by Gasteiger charge is 2.20. The standard InChI is InChI=1S/C16H27N5O3S.HI/c1-7-17-16(18-9-12(22)21(5)6)20-11(4)14-19-10(3)13(25-14)15(23)24-8-2;/h11H,7-9H2,1-6H3,(H2,17,18,20);1H. The molecule has 1 atom stereocenters. The van der Waals surface area contributed by atoms with Gasteiger partial charge in [-0.15, -0.1) is 35.3 Å². The summed E-state index contributed by atoms with van der Waals surface area (Å²) < 4.78 is 5.04. The van der Waals surface area contributed by atoms with Crippen LogP contribution in [0.2, 0.25) is 0 Å². The van der Waals surface area contributed by atoms with Crippen LogP contribution in [-0.2, 0) is 9.53 Å². The van der Waals surface area contributed by atoms with Crippen LogP contribution >= 0.6 is 35.3 Å². The van der Waals surface area contributed by atoms with E-state index >= 15 is 0 Å². The number of carbonyl (C=O) groups excluding carboxylic acids is 2. The Morgan fingerprint density at radius 2 is 2.00 bits per heavy atom. The van der Waals surface area contributed by atoms with Crippen molar-refractivity contribution >= 4 is 53.1 Å². The van der Waals surface area contributed by atoms with Crippen molar-refractivity contribution in [3.05, 3.63) is 15.6 Å². The smallest absolute Gasteiger partial charge is 0.350 e. The molecule has 0 saturated heterocycles. The van der Waals surface area contributed by atoms with Gasteiger partial charge in [-0.3, -0.25) is 4.79 Å². The number of nitrogens with zero attached hydrogens (tertiary/aromatic N) is 3. The summed E-state index contributed by atoms with van der Waals surface area (Å²) in [5.41, 5.74) is 0.650. The number of esters is 1. The number of guanidine groups is 1. The topological polar surface area (TPSA) is 95.9 Å². The molecule has 26 heavy (non-hydrogen) atoms. The quantitative estimate of drug-likeness (QED) is 0.259. The maximum atomic E-state index is 11.9. The first-order chi connectivity index (χ1) is 11.8. The Kier molecular flexibility index (Phi) is 11.4. The molecule has 8 nitrogen and oxygen atoms in total. The number of hydrogen-bond donors (Lipinski definition) is 2. The Hall–Kier alpha value is -1.43. The van der Waals surface area contributed by atoms with E-state index < -0.39 is 0 Å². The van der Waals surface area contributed by atoms with Crippen molar-refractivity contribution in [1.29, 1.82) is 0 Å². The van der Waals surface area contributed by atoms with Gasteiger partial charge < -0.3 is 20.3 Å². The van der Waals surface area contributed by atoms with Gasteiger partial charge in [-0.1, -0.05) is 0 Å². The van der Waals surface area contributed by atoms with Crippen LogP contribution in [-0.4, -0.2) is 61.5 Å². The molecule has 0 spiro atoms. The highest BCUT2D eigenvalue weighted by Crippen LogP contribution is 2.24. The van der Waals surface area contributed by atoms with Crippen LogP contribution in [0.15, 0.2) is 4.99 Å². The van der Waals surface area contributed by atoms with Crippen LogP contribution in [0, 0.1) is 6.92 Å². The molecule has 1 unspecified atom stereocenters. The predicted molar refractivity (Wildman–Crippen MR) is 114 cm³/mol. The van der Waals surface area contributed by atoms with E-state index in [0.717, 1.165) is 5.01 Å². The lowest BCUT2D eigenvalue weighted by molar-refractivity contribution is -0.127. The van der Waals surface area contributed by atoms with Gasteiger partial charge in [-0.05, 0) is 27.7 Å². The number of halogens is 1. The molecule has 1 aromatic heterocycles. The molecule has 0 aromatic carbocycles. The SMILES string of the molecule is CCNC(=NCC(=O)N(C)C)NC(C)c1nc(C)c(C(=O)OCC)s1.I. The minimum absolute atomic E-state index is 0. The van der Waals surface area contributed by atoms with E-state index in [2.05, 4.69) is 20.6 Å². The van der Waals surface area contributed by atoms with E-state index in [1.807, 2.05) is 13.8 Å². The number of thiazole rings is 1. The number of likely N-dealkylation sites (N-methyl/N-ethyl adjacent to an activating group) is 1. The van der Waals surface area contributed by atoms with Crippen molar-refractivity contribution in [3.8, 4) is 0 Å². The Morgan fingerprint density at radius 3 is 2.54 bits per heavy atom. The second kappa shape index (κ2) is 12.0. The molecule has 0 aliphatic carbocycles. The van der Waals surface area contributed by atoms with Crippen molar-refractivity contribution in [2.75, 3.05) is 33.8 Å². The molecule has 0 radical (unpaired) electrons. The summed E-state index contributed by atoms with van der Waals surface area (Å²) in [7, 11) is 3.38. The van der Waals surface area contributed by atoms with Gasteiger partial charge in [0.25, 0.3) is 0 Å². The van der Waals surface area contributed by atoms with Crippen LogP contribution in [0.5, 0.6) is 0 Å². The van der Waals surface area contributed by atoms with Gasteiger partial charge in [-0.25, -0.2) is 14.8 Å². The minimum atomic E-state index is -0.354. The maximum absolute atomic E-state index is 11.9. The summed E-state index contributed by atoms with van der Waals surface area (Å²) in [4.78, 5) is 34.3. The van der Waals surface area contributed by atoms with Crippen LogP contribution in [0.3, 0.4) is 0 Å². The van der Waals surface area contributed by atoms with E-state index in [1.165, 1.54) is 16.2 Å². The highest BCUT2D eigenvalue weighted by molar-refractivity contribution is 14.0. The highest BCUT2D eigenvalue weighted by atomic mass is 127. The molecule has 0 fully saturated rings. The summed E-state index contributed by atoms with van der Waals surface area (Å²) in [6.45, 7) is 8.48.